The molecule has 2 nitrogen and oxygen atoms in total. The van der Waals surface area contributed by atoms with Gasteiger partial charge in [0.25, 0.3) is 0 Å². The molecule has 0 saturated heterocycles. The SMILES string of the molecule is CC(=O)CC(C)COC(C)C. The van der Waals surface area contributed by atoms with E-state index in [4.69, 9.17) is 4.74 Å². The molecule has 11 heavy (non-hydrogen) atoms. The van der Waals surface area contributed by atoms with Crippen LogP contribution in [0.1, 0.15) is 34.1 Å². The number of rotatable bonds is 5. The molecule has 0 spiro atoms. The Balaban J connectivity index is 3.37. The summed E-state index contributed by atoms with van der Waals surface area (Å²) in [6, 6.07) is 0. The quantitative estimate of drug-likeness (QED) is 0.612. The minimum absolute atomic E-state index is 0.241. The van der Waals surface area contributed by atoms with Crippen LogP contribution < -0.4 is 0 Å². The molecule has 0 N–H and O–H groups in total. The molecule has 0 aromatic heterocycles. The fourth-order valence-electron chi connectivity index (χ4n) is 0.906. The Kier molecular flexibility index (Phi) is 5.12. The van der Waals surface area contributed by atoms with Crippen LogP contribution in [0.15, 0.2) is 0 Å². The standard InChI is InChI=1S/C9H18O2/c1-7(2)11-6-8(3)5-9(4)10/h7-8H,5-6H2,1-4H3. The largest absolute Gasteiger partial charge is 0.379 e. The van der Waals surface area contributed by atoms with E-state index in [1.807, 2.05) is 20.8 Å². The highest BCUT2D eigenvalue weighted by atomic mass is 16.5. The number of hydrogen-bond donors (Lipinski definition) is 0. The molecule has 1 atom stereocenters. The second-order valence-corrected chi connectivity index (χ2v) is 3.39. The van der Waals surface area contributed by atoms with E-state index in [0.29, 0.717) is 18.9 Å². The summed E-state index contributed by atoms with van der Waals surface area (Å²) in [5.74, 6) is 0.597. The second kappa shape index (κ2) is 5.30. The van der Waals surface area contributed by atoms with Gasteiger partial charge in [-0.25, -0.2) is 0 Å². The maximum absolute atomic E-state index is 10.6. The van der Waals surface area contributed by atoms with Gasteiger partial charge in [-0.1, -0.05) is 6.92 Å². The third kappa shape index (κ3) is 7.53. The number of carbonyl (C=O) groups is 1. The van der Waals surface area contributed by atoms with Gasteiger partial charge in [0.15, 0.2) is 0 Å². The molecule has 0 heterocycles. The normalized spacial score (nSPS) is 13.5. The van der Waals surface area contributed by atoms with Crippen molar-refractivity contribution < 1.29 is 9.53 Å². The smallest absolute Gasteiger partial charge is 0.130 e. The molecule has 0 rings (SSSR count). The van der Waals surface area contributed by atoms with Gasteiger partial charge in [-0.3, -0.25) is 0 Å². The Hall–Kier alpha value is -0.370. The van der Waals surface area contributed by atoms with Gasteiger partial charge in [-0.05, 0) is 26.7 Å². The Morgan fingerprint density at radius 3 is 2.27 bits per heavy atom. The predicted molar refractivity (Wildman–Crippen MR) is 45.6 cm³/mol. The summed E-state index contributed by atoms with van der Waals surface area (Å²) >= 11 is 0. The van der Waals surface area contributed by atoms with Crippen LogP contribution in [-0.4, -0.2) is 18.5 Å². The molecule has 66 valence electrons. The fraction of sp³-hybridized carbons (Fsp3) is 0.889. The summed E-state index contributed by atoms with van der Waals surface area (Å²) < 4.78 is 5.35. The predicted octanol–water partition coefficient (Wildman–Crippen LogP) is 2.03. The third-order valence-electron chi connectivity index (χ3n) is 1.35. The van der Waals surface area contributed by atoms with Crippen molar-refractivity contribution in [2.24, 2.45) is 5.92 Å². The summed E-state index contributed by atoms with van der Waals surface area (Å²) in [5.41, 5.74) is 0. The van der Waals surface area contributed by atoms with Crippen LogP contribution >= 0.6 is 0 Å². The van der Waals surface area contributed by atoms with Crippen molar-refractivity contribution in [3.05, 3.63) is 0 Å². The summed E-state index contributed by atoms with van der Waals surface area (Å²) in [7, 11) is 0. The molecule has 1 unspecified atom stereocenters. The van der Waals surface area contributed by atoms with Crippen LogP contribution in [0.2, 0.25) is 0 Å². The van der Waals surface area contributed by atoms with E-state index in [0.717, 1.165) is 0 Å². The first-order chi connectivity index (χ1) is 5.02. The molecule has 0 saturated carbocycles. The molecule has 0 aliphatic rings. The molecule has 0 aromatic rings. The van der Waals surface area contributed by atoms with E-state index in [9.17, 15) is 4.79 Å². The van der Waals surface area contributed by atoms with Gasteiger partial charge >= 0.3 is 0 Å². The molecule has 0 aliphatic carbocycles. The van der Waals surface area contributed by atoms with Gasteiger partial charge in [0.05, 0.1) is 6.10 Å². The summed E-state index contributed by atoms with van der Waals surface area (Å²) in [5, 5.41) is 0. The Bertz CT molecular complexity index is 119. The lowest BCUT2D eigenvalue weighted by molar-refractivity contribution is -0.118. The van der Waals surface area contributed by atoms with Gasteiger partial charge in [0.1, 0.15) is 5.78 Å². The van der Waals surface area contributed by atoms with Crippen molar-refractivity contribution in [1.29, 1.82) is 0 Å². The van der Waals surface area contributed by atoms with Crippen LogP contribution in [0.4, 0.5) is 0 Å². The van der Waals surface area contributed by atoms with Gasteiger partial charge in [0.2, 0.25) is 0 Å². The minimum Gasteiger partial charge on any atom is -0.379 e. The molecule has 2 heteroatoms. The lowest BCUT2D eigenvalue weighted by Gasteiger charge is -2.12. The van der Waals surface area contributed by atoms with Gasteiger partial charge < -0.3 is 9.53 Å². The molecule has 0 fully saturated rings. The highest BCUT2D eigenvalue weighted by Crippen LogP contribution is 2.04. The van der Waals surface area contributed by atoms with Crippen LogP contribution in [-0.2, 0) is 9.53 Å². The van der Waals surface area contributed by atoms with Crippen molar-refractivity contribution in [1.82, 2.24) is 0 Å². The topological polar surface area (TPSA) is 26.3 Å². The third-order valence-corrected chi connectivity index (χ3v) is 1.35. The lowest BCUT2D eigenvalue weighted by atomic mass is 10.1. The van der Waals surface area contributed by atoms with Crippen molar-refractivity contribution >= 4 is 5.78 Å². The maximum atomic E-state index is 10.6. The van der Waals surface area contributed by atoms with Crippen LogP contribution in [0.3, 0.4) is 0 Å². The molecular weight excluding hydrogens is 140 g/mol. The van der Waals surface area contributed by atoms with E-state index in [1.54, 1.807) is 6.92 Å². The fourth-order valence-corrected chi connectivity index (χ4v) is 0.906. The molecule has 0 aliphatic heterocycles. The highest BCUT2D eigenvalue weighted by molar-refractivity contribution is 5.75. The minimum atomic E-state index is 0.241. The van der Waals surface area contributed by atoms with E-state index in [1.165, 1.54) is 0 Å². The summed E-state index contributed by atoms with van der Waals surface area (Å²) in [6.07, 6.45) is 0.900. The zero-order valence-corrected chi connectivity index (χ0v) is 7.89. The number of Topliss-reactive ketones (excluding diaryl/α,β-unsaturated/α-hetero) is 1. The summed E-state index contributed by atoms with van der Waals surface area (Å²) in [6.45, 7) is 8.34. The number of ketones is 1. The van der Waals surface area contributed by atoms with E-state index in [-0.39, 0.29) is 11.9 Å². The van der Waals surface area contributed by atoms with E-state index in [2.05, 4.69) is 0 Å². The van der Waals surface area contributed by atoms with Crippen molar-refractivity contribution in [2.75, 3.05) is 6.61 Å². The zero-order valence-electron chi connectivity index (χ0n) is 7.89. The zero-order chi connectivity index (χ0) is 8.85. The van der Waals surface area contributed by atoms with Crippen LogP contribution in [0.25, 0.3) is 0 Å². The van der Waals surface area contributed by atoms with Crippen molar-refractivity contribution in [2.45, 2.75) is 40.2 Å². The lowest BCUT2D eigenvalue weighted by Crippen LogP contribution is -2.13. The first-order valence-corrected chi connectivity index (χ1v) is 4.13. The Morgan fingerprint density at radius 2 is 1.91 bits per heavy atom. The number of hydrogen-bond acceptors (Lipinski definition) is 2. The molecule has 0 bridgehead atoms. The number of carbonyl (C=O) groups excluding carboxylic acids is 1. The van der Waals surface area contributed by atoms with E-state index < -0.39 is 0 Å². The molecule has 0 aromatic carbocycles. The maximum Gasteiger partial charge on any atom is 0.130 e. The highest BCUT2D eigenvalue weighted by Gasteiger charge is 2.05. The monoisotopic (exact) mass is 158 g/mol. The summed E-state index contributed by atoms with van der Waals surface area (Å²) in [4.78, 5) is 10.6. The first kappa shape index (κ1) is 10.6. The van der Waals surface area contributed by atoms with Crippen molar-refractivity contribution in [3.63, 3.8) is 0 Å². The number of ether oxygens (including phenoxy) is 1. The van der Waals surface area contributed by atoms with Crippen LogP contribution in [0.5, 0.6) is 0 Å². The van der Waals surface area contributed by atoms with Gasteiger partial charge in [-0.2, -0.15) is 0 Å². The second-order valence-electron chi connectivity index (χ2n) is 3.39. The molecule has 0 radical (unpaired) electrons. The van der Waals surface area contributed by atoms with Crippen LogP contribution in [0, 0.1) is 5.92 Å². The average Bonchev–Trinajstić information content (AvgIpc) is 1.82. The first-order valence-electron chi connectivity index (χ1n) is 4.13. The Labute approximate surface area is 68.9 Å². The molecular formula is C9H18O2. The van der Waals surface area contributed by atoms with Gasteiger partial charge in [-0.15, -0.1) is 0 Å². The average molecular weight is 158 g/mol. The van der Waals surface area contributed by atoms with E-state index >= 15 is 0 Å². The van der Waals surface area contributed by atoms with Gasteiger partial charge in [0, 0.05) is 13.0 Å². The Morgan fingerprint density at radius 1 is 1.36 bits per heavy atom. The van der Waals surface area contributed by atoms with Crippen molar-refractivity contribution in [3.8, 4) is 0 Å². The molecule has 0 amide bonds.